The van der Waals surface area contributed by atoms with Gasteiger partial charge < -0.3 is 10.4 Å². The maximum Gasteiger partial charge on any atom is 0.251 e. The SMILES string of the molecule is CCC(O)CNC(=O)c1cccc(Br)c1. The Labute approximate surface area is 97.6 Å². The van der Waals surface area contributed by atoms with Gasteiger partial charge in [0, 0.05) is 16.6 Å². The lowest BCUT2D eigenvalue weighted by Gasteiger charge is -2.09. The molecule has 1 unspecified atom stereocenters. The van der Waals surface area contributed by atoms with E-state index in [0.29, 0.717) is 18.5 Å². The van der Waals surface area contributed by atoms with Gasteiger partial charge in [-0.2, -0.15) is 0 Å². The minimum Gasteiger partial charge on any atom is -0.391 e. The van der Waals surface area contributed by atoms with Crippen molar-refractivity contribution in [1.82, 2.24) is 5.32 Å². The first-order chi connectivity index (χ1) is 7.13. The number of carbonyl (C=O) groups is 1. The molecule has 0 aliphatic heterocycles. The lowest BCUT2D eigenvalue weighted by atomic mass is 10.2. The number of nitrogens with one attached hydrogen (secondary N) is 1. The molecule has 0 aliphatic carbocycles. The van der Waals surface area contributed by atoms with Gasteiger partial charge in [0.1, 0.15) is 0 Å². The van der Waals surface area contributed by atoms with Crippen molar-refractivity contribution in [3.63, 3.8) is 0 Å². The highest BCUT2D eigenvalue weighted by Crippen LogP contribution is 2.11. The monoisotopic (exact) mass is 271 g/mol. The zero-order valence-corrected chi connectivity index (χ0v) is 10.1. The van der Waals surface area contributed by atoms with Crippen LogP contribution in [0.4, 0.5) is 0 Å². The summed E-state index contributed by atoms with van der Waals surface area (Å²) in [5, 5.41) is 12.0. The maximum absolute atomic E-state index is 11.6. The molecule has 0 heterocycles. The maximum atomic E-state index is 11.6. The molecule has 0 spiro atoms. The first kappa shape index (κ1) is 12.2. The molecule has 1 aromatic rings. The smallest absolute Gasteiger partial charge is 0.251 e. The third-order valence-corrected chi connectivity index (χ3v) is 2.55. The van der Waals surface area contributed by atoms with E-state index in [0.717, 1.165) is 4.47 Å². The number of hydrogen-bond donors (Lipinski definition) is 2. The zero-order chi connectivity index (χ0) is 11.3. The highest BCUT2D eigenvalue weighted by atomic mass is 79.9. The van der Waals surface area contributed by atoms with Gasteiger partial charge in [0.2, 0.25) is 0 Å². The van der Waals surface area contributed by atoms with Crippen LogP contribution < -0.4 is 5.32 Å². The van der Waals surface area contributed by atoms with Crippen molar-refractivity contribution in [3.05, 3.63) is 34.3 Å². The molecule has 1 atom stereocenters. The van der Waals surface area contributed by atoms with E-state index in [-0.39, 0.29) is 5.91 Å². The number of benzene rings is 1. The van der Waals surface area contributed by atoms with Gasteiger partial charge in [0.05, 0.1) is 6.10 Å². The van der Waals surface area contributed by atoms with E-state index in [2.05, 4.69) is 21.2 Å². The quantitative estimate of drug-likeness (QED) is 0.880. The van der Waals surface area contributed by atoms with E-state index in [1.54, 1.807) is 18.2 Å². The van der Waals surface area contributed by atoms with Crippen LogP contribution in [0.3, 0.4) is 0 Å². The van der Waals surface area contributed by atoms with Gasteiger partial charge in [-0.15, -0.1) is 0 Å². The summed E-state index contributed by atoms with van der Waals surface area (Å²) >= 11 is 3.29. The average molecular weight is 272 g/mol. The Bertz CT molecular complexity index is 341. The second-order valence-electron chi connectivity index (χ2n) is 3.28. The summed E-state index contributed by atoms with van der Waals surface area (Å²) < 4.78 is 0.867. The molecule has 15 heavy (non-hydrogen) atoms. The van der Waals surface area contributed by atoms with E-state index in [4.69, 9.17) is 0 Å². The molecule has 4 heteroatoms. The van der Waals surface area contributed by atoms with Gasteiger partial charge >= 0.3 is 0 Å². The number of rotatable bonds is 4. The number of hydrogen-bond acceptors (Lipinski definition) is 2. The summed E-state index contributed by atoms with van der Waals surface area (Å²) in [7, 11) is 0. The van der Waals surface area contributed by atoms with E-state index in [1.807, 2.05) is 13.0 Å². The van der Waals surface area contributed by atoms with E-state index in [9.17, 15) is 9.90 Å². The van der Waals surface area contributed by atoms with Gasteiger partial charge in [-0.05, 0) is 24.6 Å². The molecule has 1 aromatic carbocycles. The second kappa shape index (κ2) is 5.88. The Hall–Kier alpha value is -0.870. The molecule has 0 radical (unpaired) electrons. The van der Waals surface area contributed by atoms with Crippen molar-refractivity contribution >= 4 is 21.8 Å². The molecule has 0 saturated heterocycles. The summed E-state index contributed by atoms with van der Waals surface area (Å²) in [5.74, 6) is -0.163. The molecule has 1 amide bonds. The van der Waals surface area contributed by atoms with Crippen LogP contribution in [0.2, 0.25) is 0 Å². The molecular formula is C11H14BrNO2. The lowest BCUT2D eigenvalue weighted by molar-refractivity contribution is 0.0914. The van der Waals surface area contributed by atoms with E-state index in [1.165, 1.54) is 0 Å². The summed E-state index contributed by atoms with van der Waals surface area (Å²) in [6, 6.07) is 7.14. The van der Waals surface area contributed by atoms with Crippen LogP contribution in [0.25, 0.3) is 0 Å². The van der Waals surface area contributed by atoms with E-state index < -0.39 is 6.10 Å². The van der Waals surface area contributed by atoms with Gasteiger partial charge in [0.15, 0.2) is 0 Å². The van der Waals surface area contributed by atoms with Crippen LogP contribution in [0, 0.1) is 0 Å². The molecule has 1 rings (SSSR count). The summed E-state index contributed by atoms with van der Waals surface area (Å²) in [5.41, 5.74) is 0.590. The molecule has 0 fully saturated rings. The van der Waals surface area contributed by atoms with Crippen molar-refractivity contribution in [2.45, 2.75) is 19.4 Å². The Balaban J connectivity index is 2.54. The predicted octanol–water partition coefficient (Wildman–Crippen LogP) is 1.95. The van der Waals surface area contributed by atoms with Crippen molar-refractivity contribution < 1.29 is 9.90 Å². The Kier molecular flexibility index (Phi) is 4.78. The van der Waals surface area contributed by atoms with Gasteiger partial charge in [-0.25, -0.2) is 0 Å². The molecule has 0 saturated carbocycles. The topological polar surface area (TPSA) is 49.3 Å². The average Bonchev–Trinajstić information content (AvgIpc) is 2.25. The second-order valence-corrected chi connectivity index (χ2v) is 4.20. The van der Waals surface area contributed by atoms with Gasteiger partial charge in [0.25, 0.3) is 5.91 Å². The van der Waals surface area contributed by atoms with Crippen LogP contribution in [-0.2, 0) is 0 Å². The Morgan fingerprint density at radius 3 is 2.93 bits per heavy atom. The first-order valence-corrected chi connectivity index (χ1v) is 5.64. The fourth-order valence-electron chi connectivity index (χ4n) is 1.09. The summed E-state index contributed by atoms with van der Waals surface area (Å²) in [4.78, 5) is 11.6. The number of aliphatic hydroxyl groups is 1. The van der Waals surface area contributed by atoms with Gasteiger partial charge in [-0.1, -0.05) is 28.9 Å². The highest BCUT2D eigenvalue weighted by molar-refractivity contribution is 9.10. The number of halogens is 1. The molecule has 0 bridgehead atoms. The highest BCUT2D eigenvalue weighted by Gasteiger charge is 2.07. The number of amides is 1. The van der Waals surface area contributed by atoms with Crippen LogP contribution in [0.5, 0.6) is 0 Å². The van der Waals surface area contributed by atoms with Crippen LogP contribution in [0.1, 0.15) is 23.7 Å². The van der Waals surface area contributed by atoms with Crippen molar-refractivity contribution in [3.8, 4) is 0 Å². The van der Waals surface area contributed by atoms with Crippen LogP contribution >= 0.6 is 15.9 Å². The normalized spacial score (nSPS) is 12.2. The fraction of sp³-hybridized carbons (Fsp3) is 0.364. The molecule has 2 N–H and O–H groups in total. The fourth-order valence-corrected chi connectivity index (χ4v) is 1.49. The minimum absolute atomic E-state index is 0.163. The van der Waals surface area contributed by atoms with Crippen molar-refractivity contribution in [1.29, 1.82) is 0 Å². The zero-order valence-electron chi connectivity index (χ0n) is 8.53. The van der Waals surface area contributed by atoms with E-state index >= 15 is 0 Å². The number of aliphatic hydroxyl groups excluding tert-OH is 1. The first-order valence-electron chi connectivity index (χ1n) is 4.85. The predicted molar refractivity (Wildman–Crippen MR) is 62.8 cm³/mol. The van der Waals surface area contributed by atoms with Gasteiger partial charge in [-0.3, -0.25) is 4.79 Å². The minimum atomic E-state index is -0.471. The number of carbonyl (C=O) groups excluding carboxylic acids is 1. The third-order valence-electron chi connectivity index (χ3n) is 2.06. The van der Waals surface area contributed by atoms with Crippen molar-refractivity contribution in [2.75, 3.05) is 6.54 Å². The molecule has 0 aliphatic rings. The molecule has 3 nitrogen and oxygen atoms in total. The van der Waals surface area contributed by atoms with Crippen molar-refractivity contribution in [2.24, 2.45) is 0 Å². The summed E-state index contributed by atoms with van der Waals surface area (Å²) in [6.45, 7) is 2.16. The molecular weight excluding hydrogens is 258 g/mol. The Morgan fingerprint density at radius 2 is 2.33 bits per heavy atom. The lowest BCUT2D eigenvalue weighted by Crippen LogP contribution is -2.31. The largest absolute Gasteiger partial charge is 0.391 e. The standard InChI is InChI=1S/C11H14BrNO2/c1-2-10(14)7-13-11(15)8-4-3-5-9(12)6-8/h3-6,10,14H,2,7H2,1H3,(H,13,15). The molecule has 0 aromatic heterocycles. The van der Waals surface area contributed by atoms with Crippen LogP contribution in [-0.4, -0.2) is 23.7 Å². The summed E-state index contributed by atoms with van der Waals surface area (Å²) in [6.07, 6.45) is 0.166. The molecule has 82 valence electrons. The Morgan fingerprint density at radius 1 is 1.60 bits per heavy atom. The van der Waals surface area contributed by atoms with Crippen LogP contribution in [0.15, 0.2) is 28.7 Å². The third kappa shape index (κ3) is 4.01.